The fourth-order valence-corrected chi connectivity index (χ4v) is 6.46. The third kappa shape index (κ3) is 18.5. The van der Waals surface area contributed by atoms with E-state index in [1.165, 1.54) is 24.2 Å². The summed E-state index contributed by atoms with van der Waals surface area (Å²) in [5, 5.41) is 20.6. The van der Waals surface area contributed by atoms with Gasteiger partial charge in [0.25, 0.3) is 0 Å². The molecular weight excluding hydrogens is 708 g/mol. The number of aliphatic imine (C=N–C) groups is 1. The van der Waals surface area contributed by atoms with Gasteiger partial charge in [-0.1, -0.05) is 92.9 Å². The van der Waals surface area contributed by atoms with Gasteiger partial charge in [-0.25, -0.2) is 0 Å². The van der Waals surface area contributed by atoms with Crippen molar-refractivity contribution < 1.29 is 38.6 Å². The van der Waals surface area contributed by atoms with Gasteiger partial charge >= 0.3 is 5.97 Å². The Morgan fingerprint density at radius 1 is 0.818 bits per heavy atom. The molecule has 1 aliphatic rings. The molecule has 1 aliphatic heterocycles. The average molecular weight is 781 g/mol. The zero-order valence-electron chi connectivity index (χ0n) is 34.5. The molecular formula is C39H72N8O8. The zero-order valence-corrected chi connectivity index (χ0v) is 34.5. The van der Waals surface area contributed by atoms with Gasteiger partial charge in [0.15, 0.2) is 5.96 Å². The first-order valence-electron chi connectivity index (χ1n) is 20.4. The van der Waals surface area contributed by atoms with Crippen molar-refractivity contribution in [3.05, 3.63) is 0 Å². The summed E-state index contributed by atoms with van der Waals surface area (Å²) in [6, 6.07) is -4.74. The minimum Gasteiger partial charge on any atom is -0.460 e. The van der Waals surface area contributed by atoms with E-state index in [2.05, 4.69) is 33.2 Å². The van der Waals surface area contributed by atoms with Crippen LogP contribution in [0.2, 0.25) is 0 Å². The largest absolute Gasteiger partial charge is 0.460 e. The second kappa shape index (κ2) is 26.8. The number of hydrogen-bond donors (Lipinski definition) is 7. The lowest BCUT2D eigenvalue weighted by Crippen LogP contribution is -2.60. The number of nitrogens with zero attached hydrogens (tertiary/aromatic N) is 2. The highest BCUT2D eigenvalue weighted by Gasteiger charge is 2.38. The average Bonchev–Trinajstić information content (AvgIpc) is 3.14. The second-order valence-electron chi connectivity index (χ2n) is 15.4. The molecule has 55 heavy (non-hydrogen) atoms. The van der Waals surface area contributed by atoms with Crippen LogP contribution in [0.3, 0.4) is 0 Å². The molecule has 7 atom stereocenters. The van der Waals surface area contributed by atoms with Crippen LogP contribution in [0.15, 0.2) is 4.99 Å². The number of aliphatic hydroxyl groups excluding tert-OH is 1. The number of carbonyl (C=O) groups excluding carboxylic acids is 6. The highest BCUT2D eigenvalue weighted by Crippen LogP contribution is 2.22. The van der Waals surface area contributed by atoms with Crippen molar-refractivity contribution in [2.75, 3.05) is 26.7 Å². The number of guanidine groups is 1. The summed E-state index contributed by atoms with van der Waals surface area (Å²) in [5.74, 6) is -5.14. The maximum absolute atomic E-state index is 14.2. The Morgan fingerprint density at radius 2 is 1.44 bits per heavy atom. The number of hydrogen-bond acceptors (Lipinski definition) is 9. The lowest BCUT2D eigenvalue weighted by atomic mass is 9.94. The van der Waals surface area contributed by atoms with Crippen LogP contribution in [0, 0.1) is 17.8 Å². The summed E-state index contributed by atoms with van der Waals surface area (Å²) in [5.41, 5.74) is 10.8. The molecule has 1 heterocycles. The minimum atomic E-state index is -1.48. The van der Waals surface area contributed by atoms with Crippen LogP contribution in [0.5, 0.6) is 0 Å². The molecule has 0 aromatic heterocycles. The minimum absolute atomic E-state index is 0.0533. The maximum atomic E-state index is 14.2. The van der Waals surface area contributed by atoms with Gasteiger partial charge in [-0.2, -0.15) is 0 Å². The van der Waals surface area contributed by atoms with Crippen LogP contribution in [0.4, 0.5) is 0 Å². The Kier molecular flexibility index (Phi) is 23.9. The molecule has 0 aromatic carbocycles. The summed E-state index contributed by atoms with van der Waals surface area (Å²) in [6.45, 7) is 10.3. The van der Waals surface area contributed by atoms with Crippen LogP contribution >= 0.6 is 0 Å². The SMILES string of the molecule is CCCCCCCCCC[C@H]1OC(=O)CNC(=O)[C@H](CCCN=C(N)N)NC(=O)[C@H](CO)NC(=O)[C@H]([C@@H](C)CC)NC(=O)[C@H](CCC(C)C)N(C)C(=O)[C@@H]1C. The van der Waals surface area contributed by atoms with Crippen LogP contribution in [0.25, 0.3) is 0 Å². The molecule has 316 valence electrons. The van der Waals surface area contributed by atoms with Crippen molar-refractivity contribution in [2.45, 2.75) is 162 Å². The lowest BCUT2D eigenvalue weighted by molar-refractivity contribution is -0.157. The molecule has 0 spiro atoms. The Labute approximate surface area is 328 Å². The van der Waals surface area contributed by atoms with E-state index in [9.17, 15) is 33.9 Å². The summed E-state index contributed by atoms with van der Waals surface area (Å²) in [4.78, 5) is 87.3. The fraction of sp³-hybridized carbons (Fsp3) is 0.821. The first-order chi connectivity index (χ1) is 26.1. The number of nitrogens with two attached hydrogens (primary N) is 2. The highest BCUT2D eigenvalue weighted by atomic mass is 16.5. The number of esters is 1. The topological polar surface area (TPSA) is 248 Å². The first kappa shape index (κ1) is 49.1. The molecule has 0 bridgehead atoms. The standard InChI is InChI=1S/C39H72N8O8/c1-8-10-11-12-13-14-15-16-19-31-27(6)38(54)47(7)30(21-20-25(3)4)36(52)46-33(26(5)9-2)37(53)45-29(24-48)35(51)44-28(18-17-22-42-39(40)41)34(50)43-23-32(49)55-31/h25-31,33,48H,8-24H2,1-7H3,(H,43,50)(H,44,51)(H,45,53)(H,46,52)(H4,40,41,42)/t26-,27+,28-,29-,30-,31+,33-/m0/s1. The summed E-state index contributed by atoms with van der Waals surface area (Å²) in [6.07, 6.45) is 9.72. The molecule has 0 saturated carbocycles. The number of amides is 5. The summed E-state index contributed by atoms with van der Waals surface area (Å²) < 4.78 is 5.89. The van der Waals surface area contributed by atoms with E-state index in [1.807, 2.05) is 20.8 Å². The monoisotopic (exact) mass is 781 g/mol. The van der Waals surface area contributed by atoms with E-state index in [0.29, 0.717) is 32.1 Å². The number of rotatable bonds is 19. The van der Waals surface area contributed by atoms with Crippen molar-refractivity contribution in [3.63, 3.8) is 0 Å². The molecule has 9 N–H and O–H groups in total. The lowest BCUT2D eigenvalue weighted by Gasteiger charge is -2.34. The Hall–Kier alpha value is -3.95. The summed E-state index contributed by atoms with van der Waals surface area (Å²) >= 11 is 0. The van der Waals surface area contributed by atoms with Crippen molar-refractivity contribution >= 4 is 41.5 Å². The van der Waals surface area contributed by atoms with E-state index in [-0.39, 0.29) is 31.3 Å². The number of aliphatic hydroxyl groups is 1. The van der Waals surface area contributed by atoms with Gasteiger partial charge in [0, 0.05) is 13.6 Å². The van der Waals surface area contributed by atoms with Crippen LogP contribution in [0.1, 0.15) is 131 Å². The molecule has 0 unspecified atom stereocenters. The van der Waals surface area contributed by atoms with Crippen molar-refractivity contribution in [1.29, 1.82) is 0 Å². The fourth-order valence-electron chi connectivity index (χ4n) is 6.46. The molecule has 0 radical (unpaired) electrons. The number of carbonyl (C=O) groups is 6. The first-order valence-corrected chi connectivity index (χ1v) is 20.4. The summed E-state index contributed by atoms with van der Waals surface area (Å²) in [7, 11) is 1.54. The van der Waals surface area contributed by atoms with Gasteiger partial charge in [-0.05, 0) is 50.4 Å². The van der Waals surface area contributed by atoms with E-state index in [4.69, 9.17) is 16.2 Å². The van der Waals surface area contributed by atoms with Crippen molar-refractivity contribution in [3.8, 4) is 0 Å². The van der Waals surface area contributed by atoms with Crippen LogP contribution in [-0.2, 0) is 33.5 Å². The predicted molar refractivity (Wildman–Crippen MR) is 212 cm³/mol. The van der Waals surface area contributed by atoms with Gasteiger partial charge in [0.2, 0.25) is 29.5 Å². The Balaban J connectivity index is 3.57. The number of unbranched alkanes of at least 4 members (excludes halogenated alkanes) is 7. The molecule has 16 heteroatoms. The van der Waals surface area contributed by atoms with E-state index >= 15 is 0 Å². The van der Waals surface area contributed by atoms with Crippen molar-refractivity contribution in [2.24, 2.45) is 34.2 Å². The number of ether oxygens (including phenoxy) is 1. The Morgan fingerprint density at radius 3 is 2.02 bits per heavy atom. The van der Waals surface area contributed by atoms with E-state index in [1.54, 1.807) is 20.9 Å². The molecule has 0 aliphatic carbocycles. The molecule has 0 aromatic rings. The number of likely N-dealkylation sites (N-methyl/N-ethyl adjacent to an activating group) is 1. The van der Waals surface area contributed by atoms with Gasteiger partial charge < -0.3 is 47.5 Å². The van der Waals surface area contributed by atoms with Gasteiger partial charge in [0.05, 0.1) is 12.5 Å². The van der Waals surface area contributed by atoms with E-state index in [0.717, 1.165) is 25.7 Å². The smallest absolute Gasteiger partial charge is 0.325 e. The molecule has 1 rings (SSSR count). The molecule has 5 amide bonds. The van der Waals surface area contributed by atoms with E-state index < -0.39 is 90.8 Å². The quantitative estimate of drug-likeness (QED) is 0.0435. The van der Waals surface area contributed by atoms with Gasteiger partial charge in [-0.3, -0.25) is 33.8 Å². The second-order valence-corrected chi connectivity index (χ2v) is 15.4. The third-order valence-electron chi connectivity index (χ3n) is 10.3. The maximum Gasteiger partial charge on any atom is 0.325 e. The highest BCUT2D eigenvalue weighted by molar-refractivity contribution is 5.96. The van der Waals surface area contributed by atoms with Crippen LogP contribution < -0.4 is 32.7 Å². The number of cyclic esters (lactones) is 1. The Bertz CT molecular complexity index is 1240. The molecule has 1 saturated heterocycles. The third-order valence-corrected chi connectivity index (χ3v) is 10.3. The van der Waals surface area contributed by atoms with Gasteiger partial charge in [-0.15, -0.1) is 0 Å². The molecule has 16 nitrogen and oxygen atoms in total. The van der Waals surface area contributed by atoms with Crippen LogP contribution in [-0.4, -0.2) is 108 Å². The normalized spacial score (nSPS) is 24.4. The van der Waals surface area contributed by atoms with Gasteiger partial charge in [0.1, 0.15) is 36.8 Å². The predicted octanol–water partition coefficient (Wildman–Crippen LogP) is 2.00. The zero-order chi connectivity index (χ0) is 41.5. The number of nitrogens with one attached hydrogen (secondary N) is 4. The van der Waals surface area contributed by atoms with Crippen molar-refractivity contribution in [1.82, 2.24) is 26.2 Å². The molecule has 1 fully saturated rings.